The Labute approximate surface area is 73.0 Å². The molecule has 0 saturated heterocycles. The highest BCUT2D eigenvalue weighted by molar-refractivity contribution is 7.52. The number of hydrogen-bond acceptors (Lipinski definition) is 3. The van der Waals surface area contributed by atoms with E-state index >= 15 is 0 Å². The molecule has 0 aliphatic heterocycles. The first-order valence-corrected chi connectivity index (χ1v) is 4.91. The first-order valence-electron chi connectivity index (χ1n) is 3.11. The Morgan fingerprint density at radius 2 is 2.08 bits per heavy atom. The second kappa shape index (κ2) is 4.48. The van der Waals surface area contributed by atoms with Crippen LogP contribution in [-0.4, -0.2) is 33.1 Å². The van der Waals surface area contributed by atoms with E-state index in [-0.39, 0.29) is 0 Å². The van der Waals surface area contributed by atoms with Crippen molar-refractivity contribution in [2.45, 2.75) is 6.04 Å². The highest BCUT2D eigenvalue weighted by Crippen LogP contribution is 2.36. The molecule has 0 saturated carbocycles. The van der Waals surface area contributed by atoms with E-state index in [1.165, 1.54) is 0 Å². The van der Waals surface area contributed by atoms with E-state index in [2.05, 4.69) is 0 Å². The van der Waals surface area contributed by atoms with E-state index in [9.17, 15) is 13.8 Å². The molecule has 0 fully saturated rings. The Balaban J connectivity index is 4.34. The third kappa shape index (κ3) is 6.41. The summed E-state index contributed by atoms with van der Waals surface area (Å²) in [6.07, 6.45) is -0.685. The minimum Gasteiger partial charge on any atom is -0.480 e. The molecule has 0 amide bonds. The number of hydrogen-bond donors (Lipinski definition) is 4. The fourth-order valence-corrected chi connectivity index (χ4v) is 1.01. The first kappa shape index (κ1) is 12.2. The van der Waals surface area contributed by atoms with Gasteiger partial charge in [-0.25, -0.2) is 4.39 Å². The van der Waals surface area contributed by atoms with Crippen LogP contribution in [0.15, 0.2) is 11.9 Å². The van der Waals surface area contributed by atoms with Crippen molar-refractivity contribution < 1.29 is 28.6 Å². The molecular formula is C5H9FNO5P. The largest absolute Gasteiger partial charge is 0.480 e. The molecule has 8 heteroatoms. The van der Waals surface area contributed by atoms with Gasteiger partial charge in [0.15, 0.2) is 0 Å². The van der Waals surface area contributed by atoms with Crippen LogP contribution in [-0.2, 0) is 9.36 Å². The lowest BCUT2D eigenvalue weighted by atomic mass is 10.3. The average Bonchev–Trinajstić information content (AvgIpc) is 1.81. The highest BCUT2D eigenvalue weighted by Gasteiger charge is 2.18. The molecule has 13 heavy (non-hydrogen) atoms. The number of rotatable bonds is 4. The van der Waals surface area contributed by atoms with Crippen molar-refractivity contribution in [1.82, 2.24) is 0 Å². The summed E-state index contributed by atoms with van der Waals surface area (Å²) < 4.78 is 22.8. The molecule has 0 spiro atoms. The van der Waals surface area contributed by atoms with E-state index in [0.29, 0.717) is 6.08 Å². The van der Waals surface area contributed by atoms with Gasteiger partial charge in [0.2, 0.25) is 0 Å². The molecule has 0 unspecified atom stereocenters. The molecule has 0 rings (SSSR count). The minimum atomic E-state index is -4.50. The first-order chi connectivity index (χ1) is 5.72. The number of carboxylic acids is 1. The second-order valence-electron chi connectivity index (χ2n) is 2.30. The zero-order chi connectivity index (χ0) is 10.6. The van der Waals surface area contributed by atoms with Gasteiger partial charge in [-0.15, -0.1) is 0 Å². The molecule has 6 nitrogen and oxygen atoms in total. The molecule has 76 valence electrons. The van der Waals surface area contributed by atoms with Crippen molar-refractivity contribution in [3.05, 3.63) is 11.9 Å². The van der Waals surface area contributed by atoms with Crippen molar-refractivity contribution in [2.24, 2.45) is 5.73 Å². The van der Waals surface area contributed by atoms with Crippen molar-refractivity contribution in [3.63, 3.8) is 0 Å². The van der Waals surface area contributed by atoms with Crippen LogP contribution in [0.3, 0.4) is 0 Å². The SMILES string of the molecule is N[C@H](/C=C(\F)CP(=O)(O)O)C(=O)O. The molecule has 0 aromatic carbocycles. The van der Waals surface area contributed by atoms with Gasteiger partial charge < -0.3 is 20.6 Å². The normalized spacial score (nSPS) is 15.5. The minimum absolute atomic E-state index is 0.446. The Kier molecular flexibility index (Phi) is 4.22. The van der Waals surface area contributed by atoms with Gasteiger partial charge in [0.1, 0.15) is 18.0 Å². The fourth-order valence-electron chi connectivity index (χ4n) is 0.516. The van der Waals surface area contributed by atoms with Crippen LogP contribution in [0.5, 0.6) is 0 Å². The lowest BCUT2D eigenvalue weighted by Crippen LogP contribution is -2.28. The predicted molar refractivity (Wildman–Crippen MR) is 41.7 cm³/mol. The number of carboxylic acid groups (broad SMARTS) is 1. The summed E-state index contributed by atoms with van der Waals surface area (Å²) in [7, 11) is -4.50. The quantitative estimate of drug-likeness (QED) is 0.464. The van der Waals surface area contributed by atoms with Gasteiger partial charge in [-0.3, -0.25) is 9.36 Å². The number of nitrogens with two attached hydrogens (primary N) is 1. The summed E-state index contributed by atoms with van der Waals surface area (Å²) in [5.74, 6) is -2.70. The Morgan fingerprint density at radius 1 is 1.62 bits per heavy atom. The van der Waals surface area contributed by atoms with Crippen LogP contribution in [0.2, 0.25) is 0 Å². The van der Waals surface area contributed by atoms with Crippen molar-refractivity contribution in [2.75, 3.05) is 6.16 Å². The molecular weight excluding hydrogens is 204 g/mol. The highest BCUT2D eigenvalue weighted by atomic mass is 31.2. The molecule has 1 atom stereocenters. The maximum absolute atomic E-state index is 12.5. The van der Waals surface area contributed by atoms with Crippen LogP contribution < -0.4 is 5.73 Å². The smallest absolute Gasteiger partial charge is 0.332 e. The van der Waals surface area contributed by atoms with E-state index in [1.807, 2.05) is 0 Å². The molecule has 0 aromatic heterocycles. The fraction of sp³-hybridized carbons (Fsp3) is 0.400. The van der Waals surface area contributed by atoms with Crippen LogP contribution in [0.25, 0.3) is 0 Å². The number of carbonyl (C=O) groups is 1. The topological polar surface area (TPSA) is 121 Å². The molecule has 0 heterocycles. The van der Waals surface area contributed by atoms with E-state index in [4.69, 9.17) is 20.6 Å². The standard InChI is InChI=1S/C5H9FNO5P/c6-3(2-13(10,11)12)1-4(7)5(8)9/h1,4H,2,7H2,(H,8,9)(H2,10,11,12)/b3-1-/t4-/m1/s1. The number of aliphatic carboxylic acids is 1. The van der Waals surface area contributed by atoms with Gasteiger partial charge in [0, 0.05) is 0 Å². The van der Waals surface area contributed by atoms with Crippen LogP contribution in [0, 0.1) is 0 Å². The van der Waals surface area contributed by atoms with Gasteiger partial charge in [0.05, 0.1) is 0 Å². The van der Waals surface area contributed by atoms with Crippen molar-refractivity contribution in [3.8, 4) is 0 Å². The van der Waals surface area contributed by atoms with Crippen LogP contribution >= 0.6 is 7.60 Å². The van der Waals surface area contributed by atoms with Gasteiger partial charge in [-0.05, 0) is 6.08 Å². The number of halogens is 1. The molecule has 0 aliphatic carbocycles. The summed E-state index contributed by atoms with van der Waals surface area (Å²) in [6.45, 7) is 0. The molecule has 0 aromatic rings. The second-order valence-corrected chi connectivity index (χ2v) is 3.95. The Hall–Kier alpha value is -0.750. The molecule has 0 bridgehead atoms. The lowest BCUT2D eigenvalue weighted by molar-refractivity contribution is -0.137. The maximum Gasteiger partial charge on any atom is 0.332 e. The summed E-state index contributed by atoms with van der Waals surface area (Å²) >= 11 is 0. The van der Waals surface area contributed by atoms with Gasteiger partial charge in [-0.2, -0.15) is 0 Å². The maximum atomic E-state index is 12.5. The lowest BCUT2D eigenvalue weighted by Gasteiger charge is -2.02. The van der Waals surface area contributed by atoms with Gasteiger partial charge in [-0.1, -0.05) is 0 Å². The Bertz CT molecular complexity index is 272. The van der Waals surface area contributed by atoms with Gasteiger partial charge in [0.25, 0.3) is 0 Å². The predicted octanol–water partition coefficient (Wildman–Crippen LogP) is -0.571. The van der Waals surface area contributed by atoms with E-state index in [1.54, 1.807) is 0 Å². The Morgan fingerprint density at radius 3 is 2.38 bits per heavy atom. The van der Waals surface area contributed by atoms with E-state index in [0.717, 1.165) is 0 Å². The van der Waals surface area contributed by atoms with Crippen LogP contribution in [0.1, 0.15) is 0 Å². The number of allylic oxidation sites excluding steroid dienone is 1. The summed E-state index contributed by atoms with van der Waals surface area (Å²) in [5, 5.41) is 8.20. The molecule has 0 radical (unpaired) electrons. The summed E-state index contributed by atoms with van der Waals surface area (Å²) in [5.41, 5.74) is 4.87. The van der Waals surface area contributed by atoms with Crippen molar-refractivity contribution >= 4 is 13.6 Å². The summed E-state index contributed by atoms with van der Waals surface area (Å²) in [6, 6.07) is -1.59. The zero-order valence-corrected chi connectivity index (χ0v) is 7.32. The summed E-state index contributed by atoms with van der Waals surface area (Å²) in [4.78, 5) is 26.6. The zero-order valence-electron chi connectivity index (χ0n) is 6.42. The molecule has 5 N–H and O–H groups in total. The third-order valence-electron chi connectivity index (χ3n) is 1.00. The van der Waals surface area contributed by atoms with E-state index < -0.39 is 31.6 Å². The van der Waals surface area contributed by atoms with Gasteiger partial charge >= 0.3 is 13.6 Å². The van der Waals surface area contributed by atoms with Crippen LogP contribution in [0.4, 0.5) is 4.39 Å². The molecule has 0 aliphatic rings. The third-order valence-corrected chi connectivity index (χ3v) is 1.72. The van der Waals surface area contributed by atoms with Crippen molar-refractivity contribution in [1.29, 1.82) is 0 Å². The average molecular weight is 213 g/mol. The monoisotopic (exact) mass is 213 g/mol.